The predicted octanol–water partition coefficient (Wildman–Crippen LogP) is -0.902. The van der Waals surface area contributed by atoms with Crippen LogP contribution in [0, 0.1) is 0 Å². The Bertz CT molecular complexity index is 1230. The first kappa shape index (κ1) is 61.5. The minimum absolute atomic E-state index is 0. The SMILES string of the molecule is COCCCBr.COCCCOc1cc(O)cc(O)c1.COCCCOc1cc(O)cc(OCCCOC)c1.O=CO[O-].Oc1cc(O)cc(O)c1.[2H]CF.[H-].[K+].[K+]. The van der Waals surface area contributed by atoms with Crippen LogP contribution in [-0.4, -0.2) is 124 Å². The molecule has 0 heterocycles. The molecule has 16 nitrogen and oxygen atoms in total. The molecule has 0 aliphatic carbocycles. The van der Waals surface area contributed by atoms with Gasteiger partial charge in [-0.15, -0.1) is 0 Å². The van der Waals surface area contributed by atoms with E-state index in [1.54, 1.807) is 46.6 Å². The molecule has 0 amide bonds. The zero-order valence-corrected chi connectivity index (χ0v) is 40.8. The second-order valence-corrected chi connectivity index (χ2v) is 10.7. The van der Waals surface area contributed by atoms with Gasteiger partial charge in [-0.3, -0.25) is 9.18 Å². The zero-order valence-electron chi connectivity index (χ0n) is 35.0. The van der Waals surface area contributed by atoms with Crippen molar-refractivity contribution in [2.45, 2.75) is 25.7 Å². The van der Waals surface area contributed by atoms with E-state index >= 15 is 0 Å². The number of methoxy groups -OCH3 is 4. The van der Waals surface area contributed by atoms with Crippen molar-refractivity contribution in [2.75, 3.05) is 87.2 Å². The molecule has 3 aromatic rings. The monoisotopic (exact) mass is 921 g/mol. The van der Waals surface area contributed by atoms with E-state index in [0.29, 0.717) is 56.9 Å². The Labute approximate surface area is 424 Å². The molecule has 0 spiro atoms. The Hall–Kier alpha value is -1.19. The fourth-order valence-corrected chi connectivity index (χ4v) is 3.56. The summed E-state index contributed by atoms with van der Waals surface area (Å²) in [6.07, 6.45) is 3.48. The third-order valence-corrected chi connectivity index (χ3v) is 5.99. The van der Waals surface area contributed by atoms with Crippen molar-refractivity contribution in [3.8, 4) is 51.7 Å². The van der Waals surface area contributed by atoms with Crippen LogP contribution in [0.25, 0.3) is 0 Å². The second-order valence-electron chi connectivity index (χ2n) is 9.87. The summed E-state index contributed by atoms with van der Waals surface area (Å²) in [7, 11) is 5.64. The summed E-state index contributed by atoms with van der Waals surface area (Å²) in [5.74, 6) is 1.33. The summed E-state index contributed by atoms with van der Waals surface area (Å²) in [5.41, 5.74) is 0. The summed E-state index contributed by atoms with van der Waals surface area (Å²) < 4.78 is 51.3. The van der Waals surface area contributed by atoms with Gasteiger partial charge in [-0.05, 0) is 6.42 Å². The number of hydrogen-bond donors (Lipinski definition) is 6. The molecule has 6 N–H and O–H groups in total. The topological polar surface area (TPSA) is 235 Å². The number of hydrogen-bond acceptors (Lipinski definition) is 16. The molecule has 3 aromatic carbocycles. The average Bonchev–Trinajstić information content (AvgIpc) is 3.13. The molecular weight excluding hydrogens is 865 g/mol. The molecule has 0 radical (unpaired) electrons. The van der Waals surface area contributed by atoms with E-state index in [1.807, 2.05) is 0 Å². The maximum Gasteiger partial charge on any atom is 1.00 e. The van der Waals surface area contributed by atoms with Crippen LogP contribution >= 0.6 is 15.9 Å². The van der Waals surface area contributed by atoms with Crippen molar-refractivity contribution in [1.29, 1.82) is 0 Å². The molecule has 20 heteroatoms. The van der Waals surface area contributed by atoms with Crippen LogP contribution in [-0.2, 0) is 28.6 Å². The molecular formula is C36H56BrFK2O16. The fraction of sp³-hybridized carbons (Fsp3) is 0.472. The Morgan fingerprint density at radius 1 is 0.571 bits per heavy atom. The molecule has 56 heavy (non-hydrogen) atoms. The summed E-state index contributed by atoms with van der Waals surface area (Å²) in [6, 6.07) is 12.5. The van der Waals surface area contributed by atoms with Crippen molar-refractivity contribution in [1.82, 2.24) is 0 Å². The van der Waals surface area contributed by atoms with E-state index < -0.39 is 7.15 Å². The van der Waals surface area contributed by atoms with Gasteiger partial charge in [-0.1, -0.05) is 15.9 Å². The molecule has 0 fully saturated rings. The summed E-state index contributed by atoms with van der Waals surface area (Å²) in [4.78, 5) is 11.2. The Balaban J connectivity index is -0.000000153. The van der Waals surface area contributed by atoms with E-state index in [-0.39, 0.29) is 145 Å². The Morgan fingerprint density at radius 2 is 0.804 bits per heavy atom. The van der Waals surface area contributed by atoms with Gasteiger partial charge in [0.1, 0.15) is 51.7 Å². The number of aromatic hydroxyl groups is 6. The Morgan fingerprint density at radius 3 is 1.04 bits per heavy atom. The maximum atomic E-state index is 9.96. The van der Waals surface area contributed by atoms with Gasteiger partial charge in [0.15, 0.2) is 0 Å². The van der Waals surface area contributed by atoms with Crippen LogP contribution in [0.5, 0.6) is 51.7 Å². The van der Waals surface area contributed by atoms with Gasteiger partial charge in [0.05, 0.1) is 28.3 Å². The number of rotatable bonds is 19. The molecule has 312 valence electrons. The Kier molecular flexibility index (Phi) is 52.9. The van der Waals surface area contributed by atoms with Gasteiger partial charge in [-0.25, -0.2) is 0 Å². The van der Waals surface area contributed by atoms with Crippen molar-refractivity contribution in [3.05, 3.63) is 54.6 Å². The minimum atomic E-state index is -1.00. The standard InChI is InChI=1S/C14H22O5.C10H14O4.C6H6O3.C4H9BrO.CH3F.CH2O3.2K.H/c1-16-5-3-7-18-13-9-12(15)10-14(11-13)19-8-4-6-17-2;1-13-3-2-4-14-10-6-8(11)5-9(12)7-10;7-4-1-5(8)3-6(9)2-4;1-6-4-2-3-5;1-2;2-1-4-3;;;/h9-11,15H,3-8H2,1-2H3;5-7,11-12H,2-4H2,1H3;1-3,7-9H;2-4H2,1H3;1H3;1,3H;;;/q;;;;;;2*+1;-1/p-1/i;;;;1D;;;;. The first-order valence-corrected chi connectivity index (χ1v) is 17.1. The fourth-order valence-electron chi connectivity index (χ4n) is 3.33. The summed E-state index contributed by atoms with van der Waals surface area (Å²) >= 11 is 3.27. The van der Waals surface area contributed by atoms with Crippen molar-refractivity contribution >= 4 is 22.4 Å². The number of carbonyl (C=O) groups excluding carboxylic acids is 1. The van der Waals surface area contributed by atoms with E-state index in [2.05, 4.69) is 20.8 Å². The third kappa shape index (κ3) is 43.9. The summed E-state index contributed by atoms with van der Waals surface area (Å²) in [6.45, 7) is 4.20. The largest absolute Gasteiger partial charge is 1.00 e. The third-order valence-electron chi connectivity index (χ3n) is 5.43. The second kappa shape index (κ2) is 48.2. The number of phenolic OH excluding ortho intramolecular Hbond substituents is 6. The molecule has 0 bridgehead atoms. The van der Waals surface area contributed by atoms with Crippen molar-refractivity contribution < 1.29 is 189 Å². The van der Waals surface area contributed by atoms with Gasteiger partial charge in [-0.2, -0.15) is 0 Å². The molecule has 0 aliphatic rings. The average molecular weight is 923 g/mol. The van der Waals surface area contributed by atoms with Gasteiger partial charge in [0.2, 0.25) is 0 Å². The van der Waals surface area contributed by atoms with Crippen LogP contribution < -0.4 is 122 Å². The van der Waals surface area contributed by atoms with Crippen molar-refractivity contribution in [2.24, 2.45) is 0 Å². The molecule has 0 atom stereocenters. The molecule has 0 unspecified atom stereocenters. The molecule has 0 aliphatic heterocycles. The van der Waals surface area contributed by atoms with E-state index in [4.69, 9.17) is 70.1 Å². The first-order chi connectivity index (χ1) is 26.4. The number of benzene rings is 3. The minimum Gasteiger partial charge on any atom is -1.00 e. The van der Waals surface area contributed by atoms with Gasteiger partial charge in [0.25, 0.3) is 6.47 Å². The van der Waals surface area contributed by atoms with Gasteiger partial charge >= 0.3 is 103 Å². The molecule has 0 saturated carbocycles. The van der Waals surface area contributed by atoms with Crippen LogP contribution in [0.4, 0.5) is 4.39 Å². The number of carbonyl (C=O) groups is 1. The molecule has 3 rings (SSSR count). The van der Waals surface area contributed by atoms with Crippen LogP contribution in [0.1, 0.15) is 28.5 Å². The van der Waals surface area contributed by atoms with Gasteiger partial charge < -0.3 is 75.4 Å². The van der Waals surface area contributed by atoms with Crippen LogP contribution in [0.3, 0.4) is 0 Å². The van der Waals surface area contributed by atoms with E-state index in [9.17, 15) is 9.50 Å². The van der Waals surface area contributed by atoms with Crippen LogP contribution in [0.15, 0.2) is 54.6 Å². The van der Waals surface area contributed by atoms with Crippen LogP contribution in [0.2, 0.25) is 0 Å². The summed E-state index contributed by atoms with van der Waals surface area (Å²) in [5, 5.41) is 63.3. The maximum absolute atomic E-state index is 9.96. The number of phenols is 6. The quantitative estimate of drug-likeness (QED) is 0.0214. The zero-order chi connectivity index (χ0) is 42.1. The number of alkyl halides is 2. The van der Waals surface area contributed by atoms with Crippen molar-refractivity contribution in [3.63, 3.8) is 0 Å². The number of halogens is 2. The first-order valence-electron chi connectivity index (χ1n) is 16.7. The van der Waals surface area contributed by atoms with E-state index in [0.717, 1.165) is 55.8 Å². The predicted molar refractivity (Wildman–Crippen MR) is 201 cm³/mol. The molecule has 0 aromatic heterocycles. The smallest absolute Gasteiger partial charge is 1.00 e. The van der Waals surface area contributed by atoms with E-state index in [1.165, 1.54) is 18.2 Å². The molecule has 0 saturated heterocycles. The van der Waals surface area contributed by atoms with Gasteiger partial charge in [0, 0.05) is 134 Å². The number of ether oxygens (including phenoxy) is 7. The normalized spacial score (nSPS) is 9.23.